The molecule has 4 heteroatoms. The average Bonchev–Trinajstić information content (AvgIpc) is 2.78. The van der Waals surface area contributed by atoms with Crippen LogP contribution in [0.3, 0.4) is 0 Å². The van der Waals surface area contributed by atoms with Crippen LogP contribution in [0.25, 0.3) is 11.1 Å². The maximum atomic E-state index is 10.9. The average molecular weight is 450 g/mol. The van der Waals surface area contributed by atoms with Crippen molar-refractivity contribution in [2.24, 2.45) is 0 Å². The Balaban J connectivity index is 0. The molecule has 0 saturated carbocycles. The smallest absolute Gasteiger partial charge is 0.139 e. The normalized spacial score (nSPS) is 9.23. The molecule has 170 valence electrons. The molecule has 0 fully saturated rings. The number of carbonyl (C=O) groups excluding carboxylic acids is 1. The van der Waals surface area contributed by atoms with E-state index >= 15 is 0 Å². The zero-order valence-corrected chi connectivity index (χ0v) is 22.2. The van der Waals surface area contributed by atoms with Crippen LogP contribution < -0.4 is 5.32 Å². The highest BCUT2D eigenvalue weighted by Gasteiger charge is 2.03. The van der Waals surface area contributed by atoms with Crippen LogP contribution in [0.15, 0.2) is 47.4 Å². The lowest BCUT2D eigenvalue weighted by atomic mass is 10.0. The van der Waals surface area contributed by atoms with E-state index in [1.165, 1.54) is 33.6 Å². The van der Waals surface area contributed by atoms with E-state index in [0.29, 0.717) is 5.75 Å². The monoisotopic (exact) mass is 449 g/mol. The summed E-state index contributed by atoms with van der Waals surface area (Å²) in [5.41, 5.74) is 5.09. The van der Waals surface area contributed by atoms with Crippen LogP contribution in [0.5, 0.6) is 0 Å². The summed E-state index contributed by atoms with van der Waals surface area (Å²) in [6, 6.07) is 15.2. The summed E-state index contributed by atoms with van der Waals surface area (Å²) in [5, 5.41) is 3.02. The third kappa shape index (κ3) is 13.9. The standard InChI is InChI=1S/C18H20OS2.C4H11N.2C2H6/c1-13-4-7-17(10-18(13)20-3)16-8-5-15(6-9-16)12-21-11-14(2)19;1-3-4-5-2;2*1-2/h4-10H,11-12H2,1-3H3;5H,3-4H2,1-2H3;2*1-2H3. The second-order valence-electron chi connectivity index (χ2n) is 6.18. The third-order valence-corrected chi connectivity index (χ3v) is 5.80. The van der Waals surface area contributed by atoms with Gasteiger partial charge in [-0.15, -0.1) is 23.5 Å². The summed E-state index contributed by atoms with van der Waals surface area (Å²) in [4.78, 5) is 12.3. The number of nitrogens with one attached hydrogen (secondary N) is 1. The molecule has 0 spiro atoms. The fraction of sp³-hybridized carbons (Fsp3) is 0.500. The Kier molecular flexibility index (Phi) is 21.7. The zero-order valence-electron chi connectivity index (χ0n) is 20.6. The Morgan fingerprint density at radius 2 is 1.53 bits per heavy atom. The van der Waals surface area contributed by atoms with Gasteiger partial charge in [0, 0.05) is 10.6 Å². The lowest BCUT2D eigenvalue weighted by Gasteiger charge is -2.08. The molecule has 0 aliphatic carbocycles. The highest BCUT2D eigenvalue weighted by molar-refractivity contribution is 7.99. The first-order valence-corrected chi connectivity index (χ1v) is 13.4. The van der Waals surface area contributed by atoms with Crippen molar-refractivity contribution in [3.63, 3.8) is 0 Å². The number of Topliss-reactive ketones (excluding diaryl/α,β-unsaturated/α-hetero) is 1. The summed E-state index contributed by atoms with van der Waals surface area (Å²) in [5.74, 6) is 1.72. The summed E-state index contributed by atoms with van der Waals surface area (Å²) < 4.78 is 0. The minimum Gasteiger partial charge on any atom is -0.320 e. The maximum absolute atomic E-state index is 10.9. The predicted octanol–water partition coefficient (Wildman–Crippen LogP) is 7.87. The quantitative estimate of drug-likeness (QED) is 0.415. The molecule has 2 aromatic carbocycles. The number of hydrogen-bond acceptors (Lipinski definition) is 4. The molecule has 0 bridgehead atoms. The Labute approximate surface area is 195 Å². The number of ketones is 1. The first-order valence-electron chi connectivity index (χ1n) is 11.0. The summed E-state index contributed by atoms with van der Waals surface area (Å²) in [6.07, 6.45) is 3.35. The number of hydrogen-bond donors (Lipinski definition) is 1. The number of rotatable bonds is 8. The van der Waals surface area contributed by atoms with E-state index in [1.807, 2.05) is 34.7 Å². The van der Waals surface area contributed by atoms with Gasteiger partial charge in [-0.05, 0) is 68.4 Å². The summed E-state index contributed by atoms with van der Waals surface area (Å²) in [7, 11) is 1.96. The van der Waals surface area contributed by atoms with E-state index in [4.69, 9.17) is 0 Å². The van der Waals surface area contributed by atoms with Crippen LogP contribution in [-0.4, -0.2) is 31.4 Å². The van der Waals surface area contributed by atoms with Gasteiger partial charge in [-0.25, -0.2) is 0 Å². The number of thioether (sulfide) groups is 2. The molecule has 0 aliphatic rings. The van der Waals surface area contributed by atoms with Crippen LogP contribution in [0, 0.1) is 6.92 Å². The van der Waals surface area contributed by atoms with Gasteiger partial charge in [0.2, 0.25) is 0 Å². The fourth-order valence-electron chi connectivity index (χ4n) is 2.36. The zero-order chi connectivity index (χ0) is 23.4. The van der Waals surface area contributed by atoms with Crippen LogP contribution in [0.2, 0.25) is 0 Å². The maximum Gasteiger partial charge on any atom is 0.139 e. The van der Waals surface area contributed by atoms with Gasteiger partial charge in [-0.3, -0.25) is 4.79 Å². The molecule has 30 heavy (non-hydrogen) atoms. The van der Waals surface area contributed by atoms with E-state index in [9.17, 15) is 4.79 Å². The molecule has 2 rings (SSSR count). The minimum atomic E-state index is 0.237. The number of benzene rings is 2. The molecule has 0 unspecified atom stereocenters. The molecule has 0 atom stereocenters. The Bertz CT molecular complexity index is 667. The van der Waals surface area contributed by atoms with E-state index in [1.54, 1.807) is 30.4 Å². The second kappa shape index (κ2) is 21.0. The second-order valence-corrected chi connectivity index (χ2v) is 8.01. The molecule has 0 heterocycles. The van der Waals surface area contributed by atoms with Crippen molar-refractivity contribution in [2.75, 3.05) is 25.6 Å². The van der Waals surface area contributed by atoms with Gasteiger partial charge in [0.1, 0.15) is 5.78 Å². The highest BCUT2D eigenvalue weighted by Crippen LogP contribution is 2.28. The molecule has 0 radical (unpaired) electrons. The summed E-state index contributed by atoms with van der Waals surface area (Å²) in [6.45, 7) is 15.1. The van der Waals surface area contributed by atoms with Crippen LogP contribution in [0.1, 0.15) is 59.1 Å². The van der Waals surface area contributed by atoms with Crippen molar-refractivity contribution >= 4 is 29.3 Å². The van der Waals surface area contributed by atoms with Gasteiger partial charge in [0.25, 0.3) is 0 Å². The lowest BCUT2D eigenvalue weighted by molar-refractivity contribution is -0.114. The van der Waals surface area contributed by atoms with Gasteiger partial charge >= 0.3 is 0 Å². The van der Waals surface area contributed by atoms with E-state index in [-0.39, 0.29) is 5.78 Å². The molecule has 2 aromatic rings. The van der Waals surface area contributed by atoms with Crippen molar-refractivity contribution in [3.8, 4) is 11.1 Å². The lowest BCUT2D eigenvalue weighted by Crippen LogP contribution is -2.04. The van der Waals surface area contributed by atoms with E-state index < -0.39 is 0 Å². The first kappa shape index (κ1) is 31.0. The molecule has 2 nitrogen and oxygen atoms in total. The van der Waals surface area contributed by atoms with Gasteiger partial charge in [-0.2, -0.15) is 0 Å². The van der Waals surface area contributed by atoms with Crippen LogP contribution in [0.4, 0.5) is 0 Å². The van der Waals surface area contributed by atoms with Crippen LogP contribution in [-0.2, 0) is 10.5 Å². The SMILES string of the molecule is CC.CC.CCCNC.CSc1cc(-c2ccc(CSCC(C)=O)cc2)ccc1C. The van der Waals surface area contributed by atoms with Crippen molar-refractivity contribution in [1.29, 1.82) is 0 Å². The van der Waals surface area contributed by atoms with Crippen molar-refractivity contribution in [3.05, 3.63) is 53.6 Å². The number of aryl methyl sites for hydroxylation is 1. The minimum absolute atomic E-state index is 0.237. The third-order valence-electron chi connectivity index (χ3n) is 3.77. The Morgan fingerprint density at radius 3 is 1.97 bits per heavy atom. The van der Waals surface area contributed by atoms with E-state index in [2.05, 4.69) is 67.9 Å². The predicted molar refractivity (Wildman–Crippen MR) is 142 cm³/mol. The topological polar surface area (TPSA) is 29.1 Å². The molecule has 0 amide bonds. The van der Waals surface area contributed by atoms with Gasteiger partial charge < -0.3 is 5.32 Å². The Morgan fingerprint density at radius 1 is 0.967 bits per heavy atom. The van der Waals surface area contributed by atoms with Crippen molar-refractivity contribution in [2.45, 2.75) is 65.5 Å². The largest absolute Gasteiger partial charge is 0.320 e. The molecule has 1 N–H and O–H groups in total. The molecule has 0 saturated heterocycles. The highest BCUT2D eigenvalue weighted by atomic mass is 32.2. The fourth-order valence-corrected chi connectivity index (χ4v) is 3.81. The first-order chi connectivity index (χ1) is 14.5. The van der Waals surface area contributed by atoms with Gasteiger partial charge in [0.15, 0.2) is 0 Å². The van der Waals surface area contributed by atoms with Gasteiger partial charge in [-0.1, -0.05) is 71.0 Å². The van der Waals surface area contributed by atoms with Crippen molar-refractivity contribution < 1.29 is 4.79 Å². The molecular weight excluding hydrogens is 406 g/mol. The van der Waals surface area contributed by atoms with Crippen molar-refractivity contribution in [1.82, 2.24) is 5.32 Å². The molecular formula is C26H43NOS2. The van der Waals surface area contributed by atoms with Gasteiger partial charge in [0.05, 0.1) is 5.75 Å². The van der Waals surface area contributed by atoms with E-state index in [0.717, 1.165) is 12.3 Å². The number of carbonyl (C=O) groups is 1. The van der Waals surface area contributed by atoms with Crippen LogP contribution >= 0.6 is 23.5 Å². The Hall–Kier alpha value is -1.23. The molecule has 0 aromatic heterocycles. The molecule has 0 aliphatic heterocycles. The summed E-state index contributed by atoms with van der Waals surface area (Å²) >= 11 is 3.46.